The minimum absolute atomic E-state index is 0.0305. The van der Waals surface area contributed by atoms with Crippen LogP contribution in [-0.2, 0) is 4.79 Å². The maximum Gasteiger partial charge on any atom is 0.269 e. The second kappa shape index (κ2) is 5.01. The number of benzene rings is 2. The van der Waals surface area contributed by atoms with Gasteiger partial charge in [-0.1, -0.05) is 24.3 Å². The van der Waals surface area contributed by atoms with Crippen LogP contribution in [0.3, 0.4) is 0 Å². The lowest BCUT2D eigenvalue weighted by Crippen LogP contribution is -2.38. The first-order valence-electron chi connectivity index (χ1n) is 6.71. The quantitative estimate of drug-likeness (QED) is 0.680. The van der Waals surface area contributed by atoms with Gasteiger partial charge in [0.15, 0.2) is 0 Å². The van der Waals surface area contributed by atoms with Gasteiger partial charge in [-0.3, -0.25) is 14.9 Å². The molecule has 0 aliphatic carbocycles. The van der Waals surface area contributed by atoms with E-state index < -0.39 is 4.92 Å². The van der Waals surface area contributed by atoms with Crippen molar-refractivity contribution in [3.05, 3.63) is 75.3 Å². The van der Waals surface area contributed by atoms with Crippen molar-refractivity contribution in [2.24, 2.45) is 0 Å². The van der Waals surface area contributed by atoms with Crippen molar-refractivity contribution in [3.8, 4) is 0 Å². The first kappa shape index (κ1) is 13.3. The molecule has 1 amide bonds. The molecule has 2 atom stereocenters. The molecule has 1 aliphatic rings. The summed E-state index contributed by atoms with van der Waals surface area (Å²) in [6.07, 6.45) is 0. The number of non-ortho nitro benzene ring substituents is 1. The van der Waals surface area contributed by atoms with Crippen LogP contribution in [0.15, 0.2) is 48.5 Å². The topological polar surface area (TPSA) is 72.2 Å². The molecule has 0 spiro atoms. The molecule has 0 aromatic heterocycles. The number of nitro benzene ring substituents is 1. The fourth-order valence-corrected chi connectivity index (χ4v) is 2.71. The van der Waals surface area contributed by atoms with Crippen LogP contribution in [0.25, 0.3) is 0 Å². The summed E-state index contributed by atoms with van der Waals surface area (Å²) < 4.78 is 0. The summed E-state index contributed by atoms with van der Waals surface area (Å²) in [5.41, 5.74) is 2.93. The van der Waals surface area contributed by atoms with Crippen LogP contribution >= 0.6 is 0 Å². The molecule has 21 heavy (non-hydrogen) atoms. The van der Waals surface area contributed by atoms with Crippen LogP contribution in [-0.4, -0.2) is 10.8 Å². The third-order valence-electron chi connectivity index (χ3n) is 3.89. The third kappa shape index (κ3) is 2.27. The molecule has 0 unspecified atom stereocenters. The number of nitrogens with one attached hydrogen (secondary N) is 1. The Morgan fingerprint density at radius 2 is 1.67 bits per heavy atom. The van der Waals surface area contributed by atoms with Crippen LogP contribution in [0.5, 0.6) is 0 Å². The molecule has 2 aromatic carbocycles. The Morgan fingerprint density at radius 1 is 1.05 bits per heavy atom. The van der Waals surface area contributed by atoms with E-state index in [0.717, 1.165) is 16.7 Å². The molecule has 1 heterocycles. The zero-order valence-electron chi connectivity index (χ0n) is 11.4. The van der Waals surface area contributed by atoms with Gasteiger partial charge in [0.05, 0.1) is 16.9 Å². The van der Waals surface area contributed by atoms with E-state index in [0.29, 0.717) is 0 Å². The predicted octanol–water partition coefficient (Wildman–Crippen LogP) is 2.92. The average Bonchev–Trinajstić information content (AvgIpc) is 2.51. The fraction of sp³-hybridized carbons (Fsp3) is 0.188. The van der Waals surface area contributed by atoms with Crippen molar-refractivity contribution >= 4 is 11.6 Å². The average molecular weight is 282 g/mol. The van der Waals surface area contributed by atoms with E-state index in [2.05, 4.69) is 5.32 Å². The Labute approximate surface area is 121 Å². The lowest BCUT2D eigenvalue weighted by molar-refractivity contribution is -0.384. The Balaban J connectivity index is 2.04. The van der Waals surface area contributed by atoms with E-state index in [-0.39, 0.29) is 23.6 Å². The summed E-state index contributed by atoms with van der Waals surface area (Å²) in [5, 5.41) is 13.7. The van der Waals surface area contributed by atoms with Gasteiger partial charge >= 0.3 is 0 Å². The smallest absolute Gasteiger partial charge is 0.269 e. The zero-order valence-corrected chi connectivity index (χ0v) is 11.4. The summed E-state index contributed by atoms with van der Waals surface area (Å²) in [4.78, 5) is 22.4. The monoisotopic (exact) mass is 282 g/mol. The van der Waals surface area contributed by atoms with Gasteiger partial charge in [-0.05, 0) is 35.7 Å². The zero-order chi connectivity index (χ0) is 15.0. The number of rotatable bonds is 2. The van der Waals surface area contributed by atoms with E-state index >= 15 is 0 Å². The van der Waals surface area contributed by atoms with Crippen LogP contribution in [0.2, 0.25) is 0 Å². The van der Waals surface area contributed by atoms with Crippen LogP contribution in [0.1, 0.15) is 35.6 Å². The van der Waals surface area contributed by atoms with Crippen molar-refractivity contribution in [3.63, 3.8) is 0 Å². The largest absolute Gasteiger partial charge is 0.345 e. The van der Waals surface area contributed by atoms with Crippen molar-refractivity contribution in [1.29, 1.82) is 0 Å². The number of fused-ring (bicyclic) bond motifs is 1. The summed E-state index contributed by atoms with van der Waals surface area (Å²) in [5.74, 6) is -0.215. The molecule has 2 aromatic rings. The van der Waals surface area contributed by atoms with Gasteiger partial charge < -0.3 is 5.32 Å². The lowest BCUT2D eigenvalue weighted by atomic mass is 9.84. The fourth-order valence-electron chi connectivity index (χ4n) is 2.71. The first-order valence-corrected chi connectivity index (χ1v) is 6.71. The molecule has 106 valence electrons. The Bertz CT molecular complexity index is 710. The Kier molecular flexibility index (Phi) is 3.17. The summed E-state index contributed by atoms with van der Waals surface area (Å²) in [6.45, 7) is 1.88. The van der Waals surface area contributed by atoms with Crippen LogP contribution in [0.4, 0.5) is 5.69 Å². The van der Waals surface area contributed by atoms with Gasteiger partial charge in [0.2, 0.25) is 5.91 Å². The minimum atomic E-state index is -0.431. The van der Waals surface area contributed by atoms with Gasteiger partial charge in [0, 0.05) is 12.1 Å². The highest BCUT2D eigenvalue weighted by Gasteiger charge is 2.30. The maximum absolute atomic E-state index is 12.1. The van der Waals surface area contributed by atoms with Gasteiger partial charge in [-0.15, -0.1) is 0 Å². The number of hydrogen-bond acceptors (Lipinski definition) is 3. The Hall–Kier alpha value is -2.69. The molecule has 1 aliphatic heterocycles. The number of carbonyl (C=O) groups excluding carboxylic acids is 1. The second-order valence-electron chi connectivity index (χ2n) is 5.14. The SMILES string of the molecule is C[C@@H]1C(=O)N[C@H](c2ccc([N+](=O)[O-])cc2)c2ccccc21. The lowest BCUT2D eigenvalue weighted by Gasteiger charge is -2.30. The van der Waals surface area contributed by atoms with Crippen LogP contribution < -0.4 is 5.32 Å². The normalized spacial score (nSPS) is 20.5. The molecular formula is C16H14N2O3. The second-order valence-corrected chi connectivity index (χ2v) is 5.14. The predicted molar refractivity (Wildman–Crippen MR) is 77.9 cm³/mol. The van der Waals surface area contributed by atoms with Crippen molar-refractivity contribution in [2.75, 3.05) is 0 Å². The summed E-state index contributed by atoms with van der Waals surface area (Å²) >= 11 is 0. The standard InChI is InChI=1S/C16H14N2O3/c1-10-13-4-2-3-5-14(13)15(17-16(10)19)11-6-8-12(9-7-11)18(20)21/h2-10,15H,1H3,(H,17,19)/t10-,15+/m0/s1. The molecule has 0 saturated heterocycles. The Morgan fingerprint density at radius 3 is 2.29 bits per heavy atom. The van der Waals surface area contributed by atoms with Crippen molar-refractivity contribution in [1.82, 2.24) is 5.32 Å². The number of hydrogen-bond donors (Lipinski definition) is 1. The molecule has 5 nitrogen and oxygen atoms in total. The molecule has 0 bridgehead atoms. The highest BCUT2D eigenvalue weighted by Crippen LogP contribution is 2.34. The van der Waals surface area contributed by atoms with E-state index in [9.17, 15) is 14.9 Å². The number of carbonyl (C=O) groups is 1. The number of nitrogens with zero attached hydrogens (tertiary/aromatic N) is 1. The molecule has 5 heteroatoms. The molecule has 0 radical (unpaired) electrons. The van der Waals surface area contributed by atoms with E-state index in [1.807, 2.05) is 31.2 Å². The maximum atomic E-state index is 12.1. The van der Waals surface area contributed by atoms with Crippen LogP contribution in [0, 0.1) is 10.1 Å². The van der Waals surface area contributed by atoms with E-state index in [4.69, 9.17) is 0 Å². The molecule has 0 fully saturated rings. The van der Waals surface area contributed by atoms with Gasteiger partial charge in [-0.2, -0.15) is 0 Å². The van der Waals surface area contributed by atoms with Crippen molar-refractivity contribution in [2.45, 2.75) is 18.9 Å². The van der Waals surface area contributed by atoms with Gasteiger partial charge in [0.1, 0.15) is 0 Å². The molecule has 0 saturated carbocycles. The summed E-state index contributed by atoms with van der Waals surface area (Å²) in [7, 11) is 0. The minimum Gasteiger partial charge on any atom is -0.345 e. The number of nitro groups is 1. The molecule has 1 N–H and O–H groups in total. The van der Waals surface area contributed by atoms with Gasteiger partial charge in [-0.25, -0.2) is 0 Å². The van der Waals surface area contributed by atoms with Gasteiger partial charge in [0.25, 0.3) is 5.69 Å². The highest BCUT2D eigenvalue weighted by atomic mass is 16.6. The summed E-state index contributed by atoms with van der Waals surface area (Å²) in [6, 6.07) is 13.8. The third-order valence-corrected chi connectivity index (χ3v) is 3.89. The number of amides is 1. The first-order chi connectivity index (χ1) is 10.1. The molecular weight excluding hydrogens is 268 g/mol. The highest BCUT2D eigenvalue weighted by molar-refractivity contribution is 5.86. The van der Waals surface area contributed by atoms with Crippen molar-refractivity contribution < 1.29 is 9.72 Å². The van der Waals surface area contributed by atoms with E-state index in [1.165, 1.54) is 12.1 Å². The molecule has 3 rings (SSSR count). The van der Waals surface area contributed by atoms with E-state index in [1.54, 1.807) is 12.1 Å².